The van der Waals surface area contributed by atoms with Crippen molar-refractivity contribution in [1.82, 2.24) is 10.2 Å². The SMILES string of the molecule is CS(=O)(=O)c1ccc(C(=O)Nc2ccc(Cl)c(-c3n[nH]c4ccccc34)c2)c(-c2ccc(Cl)cc2)c1. The van der Waals surface area contributed by atoms with Crippen LogP contribution in [0.25, 0.3) is 33.3 Å². The highest BCUT2D eigenvalue weighted by atomic mass is 35.5. The van der Waals surface area contributed by atoms with E-state index in [9.17, 15) is 13.2 Å². The van der Waals surface area contributed by atoms with E-state index in [-0.39, 0.29) is 4.90 Å². The Morgan fingerprint density at radius 2 is 1.64 bits per heavy atom. The summed E-state index contributed by atoms with van der Waals surface area (Å²) >= 11 is 12.5. The van der Waals surface area contributed by atoms with E-state index in [1.807, 2.05) is 24.3 Å². The van der Waals surface area contributed by atoms with E-state index in [0.29, 0.717) is 43.7 Å². The molecule has 0 radical (unpaired) electrons. The zero-order valence-corrected chi connectivity index (χ0v) is 21.2. The van der Waals surface area contributed by atoms with Crippen molar-refractivity contribution < 1.29 is 13.2 Å². The fourth-order valence-corrected chi connectivity index (χ4v) is 4.95. The third kappa shape index (κ3) is 4.73. The molecule has 0 spiro atoms. The maximum absolute atomic E-state index is 13.4. The van der Waals surface area contributed by atoms with Crippen LogP contribution in [0.2, 0.25) is 10.0 Å². The number of aromatic nitrogens is 2. The van der Waals surface area contributed by atoms with Gasteiger partial charge < -0.3 is 5.32 Å². The molecule has 0 saturated heterocycles. The number of H-pyrrole nitrogens is 1. The molecule has 2 N–H and O–H groups in total. The van der Waals surface area contributed by atoms with E-state index < -0.39 is 15.7 Å². The molecule has 6 nitrogen and oxygen atoms in total. The lowest BCUT2D eigenvalue weighted by atomic mass is 9.99. The Morgan fingerprint density at radius 3 is 2.39 bits per heavy atom. The number of carbonyl (C=O) groups is 1. The van der Waals surface area contributed by atoms with Crippen molar-refractivity contribution in [3.05, 3.63) is 101 Å². The Labute approximate surface area is 217 Å². The fraction of sp³-hybridized carbons (Fsp3) is 0.0370. The molecular weight excluding hydrogens is 517 g/mol. The summed E-state index contributed by atoms with van der Waals surface area (Å²) in [6, 6.07) is 24.1. The quantitative estimate of drug-likeness (QED) is 0.257. The molecule has 0 bridgehead atoms. The van der Waals surface area contributed by atoms with Crippen LogP contribution in [-0.2, 0) is 9.84 Å². The summed E-state index contributed by atoms with van der Waals surface area (Å²) in [5, 5.41) is 12.2. The van der Waals surface area contributed by atoms with Crippen LogP contribution < -0.4 is 5.32 Å². The normalized spacial score (nSPS) is 11.5. The van der Waals surface area contributed by atoms with Gasteiger partial charge in [0.2, 0.25) is 0 Å². The number of nitrogens with zero attached hydrogens (tertiary/aromatic N) is 1. The van der Waals surface area contributed by atoms with Crippen LogP contribution in [0.5, 0.6) is 0 Å². The molecule has 0 atom stereocenters. The van der Waals surface area contributed by atoms with E-state index in [2.05, 4.69) is 15.5 Å². The fourth-order valence-electron chi connectivity index (χ4n) is 3.97. The van der Waals surface area contributed by atoms with Gasteiger partial charge in [-0.1, -0.05) is 53.5 Å². The van der Waals surface area contributed by atoms with Gasteiger partial charge in [0.05, 0.1) is 15.4 Å². The number of sulfone groups is 1. The number of anilines is 1. The maximum Gasteiger partial charge on any atom is 0.256 e. The number of hydrogen-bond donors (Lipinski definition) is 2. The van der Waals surface area contributed by atoms with Gasteiger partial charge in [-0.05, 0) is 65.7 Å². The number of benzene rings is 4. The summed E-state index contributed by atoms with van der Waals surface area (Å²) in [4.78, 5) is 13.5. The summed E-state index contributed by atoms with van der Waals surface area (Å²) in [5.41, 5.74) is 4.17. The van der Waals surface area contributed by atoms with Crippen molar-refractivity contribution in [2.75, 3.05) is 11.6 Å². The van der Waals surface area contributed by atoms with Gasteiger partial charge in [0.15, 0.2) is 9.84 Å². The number of para-hydroxylation sites is 1. The zero-order chi connectivity index (χ0) is 25.4. The van der Waals surface area contributed by atoms with Gasteiger partial charge in [-0.2, -0.15) is 5.10 Å². The summed E-state index contributed by atoms with van der Waals surface area (Å²) < 4.78 is 24.4. The molecule has 0 aliphatic rings. The standard InChI is InChI=1S/C27H19Cl2N3O3S/c1-36(34,35)19-11-12-20(22(15-19)16-6-8-17(28)9-7-16)27(33)30-18-10-13-24(29)23(14-18)26-21-4-2-3-5-25(21)31-32-26/h2-15H,1H3,(H,30,33)(H,31,32). The van der Waals surface area contributed by atoms with E-state index in [4.69, 9.17) is 23.2 Å². The molecule has 180 valence electrons. The molecule has 1 aromatic heterocycles. The first kappa shape index (κ1) is 24.1. The van der Waals surface area contributed by atoms with Crippen LogP contribution in [0.15, 0.2) is 89.8 Å². The Bertz CT molecular complexity index is 1730. The average Bonchev–Trinajstić information content (AvgIpc) is 3.29. The molecule has 0 aliphatic carbocycles. The molecule has 0 unspecified atom stereocenters. The first-order chi connectivity index (χ1) is 17.2. The van der Waals surface area contributed by atoms with Crippen molar-refractivity contribution in [3.8, 4) is 22.4 Å². The Kier molecular flexibility index (Phi) is 6.30. The zero-order valence-electron chi connectivity index (χ0n) is 18.9. The molecule has 5 aromatic rings. The molecule has 5 rings (SSSR count). The first-order valence-electron chi connectivity index (χ1n) is 10.8. The molecule has 0 saturated carbocycles. The van der Waals surface area contributed by atoms with Crippen LogP contribution in [-0.4, -0.2) is 30.8 Å². The van der Waals surface area contributed by atoms with Gasteiger partial charge in [0.25, 0.3) is 5.91 Å². The minimum absolute atomic E-state index is 0.114. The second kappa shape index (κ2) is 9.43. The highest BCUT2D eigenvalue weighted by Gasteiger charge is 2.19. The molecular formula is C27H19Cl2N3O3S. The molecule has 0 aliphatic heterocycles. The van der Waals surface area contributed by atoms with Crippen molar-refractivity contribution in [2.45, 2.75) is 4.90 Å². The Balaban J connectivity index is 1.54. The lowest BCUT2D eigenvalue weighted by Crippen LogP contribution is -2.14. The van der Waals surface area contributed by atoms with E-state index in [1.165, 1.54) is 18.2 Å². The second-order valence-corrected chi connectivity index (χ2v) is 11.1. The third-order valence-corrected chi connectivity index (χ3v) is 7.46. The number of rotatable bonds is 5. The van der Waals surface area contributed by atoms with Gasteiger partial charge in [-0.25, -0.2) is 8.42 Å². The topological polar surface area (TPSA) is 91.9 Å². The smallest absolute Gasteiger partial charge is 0.256 e. The number of aromatic amines is 1. The molecule has 1 heterocycles. The largest absolute Gasteiger partial charge is 0.322 e. The van der Waals surface area contributed by atoms with Crippen LogP contribution in [0.3, 0.4) is 0 Å². The number of amides is 1. The minimum Gasteiger partial charge on any atom is -0.322 e. The van der Waals surface area contributed by atoms with Crippen LogP contribution in [0.4, 0.5) is 5.69 Å². The van der Waals surface area contributed by atoms with Crippen LogP contribution >= 0.6 is 23.2 Å². The van der Waals surface area contributed by atoms with Gasteiger partial charge in [0.1, 0.15) is 5.69 Å². The average molecular weight is 536 g/mol. The van der Waals surface area contributed by atoms with Gasteiger partial charge in [-0.15, -0.1) is 0 Å². The Hall–Kier alpha value is -3.65. The summed E-state index contributed by atoms with van der Waals surface area (Å²) in [5.74, 6) is -0.403. The van der Waals surface area contributed by atoms with Gasteiger partial charge in [0, 0.05) is 33.5 Å². The highest BCUT2D eigenvalue weighted by molar-refractivity contribution is 7.90. The lowest BCUT2D eigenvalue weighted by molar-refractivity contribution is 0.102. The van der Waals surface area contributed by atoms with Crippen molar-refractivity contribution >= 4 is 55.5 Å². The molecule has 1 amide bonds. The second-order valence-electron chi connectivity index (χ2n) is 8.25. The third-order valence-electron chi connectivity index (χ3n) is 5.77. The molecule has 0 fully saturated rings. The maximum atomic E-state index is 13.4. The predicted octanol–water partition coefficient (Wildman–Crippen LogP) is 6.86. The molecule has 4 aromatic carbocycles. The number of fused-ring (bicyclic) bond motifs is 1. The summed E-state index contributed by atoms with van der Waals surface area (Å²) in [6.45, 7) is 0. The van der Waals surface area contributed by atoms with Crippen LogP contribution in [0.1, 0.15) is 10.4 Å². The van der Waals surface area contributed by atoms with Crippen LogP contribution in [0, 0.1) is 0 Å². The van der Waals surface area contributed by atoms with Gasteiger partial charge >= 0.3 is 0 Å². The number of halogens is 2. The molecule has 9 heteroatoms. The highest BCUT2D eigenvalue weighted by Crippen LogP contribution is 2.34. The molecule has 36 heavy (non-hydrogen) atoms. The summed E-state index contributed by atoms with van der Waals surface area (Å²) in [7, 11) is -3.48. The monoisotopic (exact) mass is 535 g/mol. The Morgan fingerprint density at radius 1 is 0.889 bits per heavy atom. The predicted molar refractivity (Wildman–Crippen MR) is 144 cm³/mol. The van der Waals surface area contributed by atoms with Crippen molar-refractivity contribution in [1.29, 1.82) is 0 Å². The van der Waals surface area contributed by atoms with Crippen molar-refractivity contribution in [2.24, 2.45) is 0 Å². The van der Waals surface area contributed by atoms with Crippen molar-refractivity contribution in [3.63, 3.8) is 0 Å². The number of hydrogen-bond acceptors (Lipinski definition) is 4. The summed E-state index contributed by atoms with van der Waals surface area (Å²) in [6.07, 6.45) is 1.13. The van der Waals surface area contributed by atoms with E-state index in [1.54, 1.807) is 42.5 Å². The first-order valence-corrected chi connectivity index (χ1v) is 13.5. The minimum atomic E-state index is -3.48. The number of nitrogens with one attached hydrogen (secondary N) is 2. The van der Waals surface area contributed by atoms with E-state index in [0.717, 1.165) is 17.2 Å². The number of carbonyl (C=O) groups excluding carboxylic acids is 1. The lowest BCUT2D eigenvalue weighted by Gasteiger charge is -2.13. The van der Waals surface area contributed by atoms with Gasteiger partial charge in [-0.3, -0.25) is 9.89 Å². The van der Waals surface area contributed by atoms with E-state index >= 15 is 0 Å².